The first-order valence-corrected chi connectivity index (χ1v) is 8.56. The highest BCUT2D eigenvalue weighted by molar-refractivity contribution is 7.13. The van der Waals surface area contributed by atoms with Gasteiger partial charge in [0.15, 0.2) is 0 Å². The molecular formula is C16H19N3O3S. The van der Waals surface area contributed by atoms with E-state index in [4.69, 9.17) is 4.74 Å². The summed E-state index contributed by atoms with van der Waals surface area (Å²) in [6.45, 7) is 2.90. The van der Waals surface area contributed by atoms with Gasteiger partial charge < -0.3 is 10.1 Å². The van der Waals surface area contributed by atoms with Crippen LogP contribution in [-0.4, -0.2) is 34.9 Å². The number of carbonyl (C=O) groups excluding carboxylic acids is 1. The summed E-state index contributed by atoms with van der Waals surface area (Å²) in [6.07, 6.45) is 2.06. The lowest BCUT2D eigenvalue weighted by atomic mass is 10.2. The van der Waals surface area contributed by atoms with Crippen LogP contribution >= 0.6 is 11.3 Å². The third-order valence-corrected chi connectivity index (χ3v) is 4.77. The van der Waals surface area contributed by atoms with E-state index in [2.05, 4.69) is 10.4 Å². The highest BCUT2D eigenvalue weighted by Gasteiger charge is 2.21. The maximum absolute atomic E-state index is 12.3. The van der Waals surface area contributed by atoms with Crippen molar-refractivity contribution >= 4 is 17.2 Å². The molecule has 2 unspecified atom stereocenters. The summed E-state index contributed by atoms with van der Waals surface area (Å²) < 4.78 is 6.72. The Hall–Kier alpha value is -1.99. The molecule has 1 fully saturated rings. The summed E-state index contributed by atoms with van der Waals surface area (Å²) in [4.78, 5) is 25.3. The first-order chi connectivity index (χ1) is 11.1. The topological polar surface area (TPSA) is 73.2 Å². The van der Waals surface area contributed by atoms with Crippen molar-refractivity contribution in [2.24, 2.45) is 0 Å². The third kappa shape index (κ3) is 3.68. The van der Waals surface area contributed by atoms with Gasteiger partial charge in [0, 0.05) is 19.2 Å². The van der Waals surface area contributed by atoms with Crippen molar-refractivity contribution in [1.29, 1.82) is 0 Å². The second-order valence-electron chi connectivity index (χ2n) is 5.53. The highest BCUT2D eigenvalue weighted by Crippen LogP contribution is 2.21. The number of nitrogens with one attached hydrogen (secondary N) is 1. The van der Waals surface area contributed by atoms with Gasteiger partial charge in [-0.1, -0.05) is 6.07 Å². The Kier molecular flexibility index (Phi) is 4.88. The zero-order valence-corrected chi connectivity index (χ0v) is 13.7. The summed E-state index contributed by atoms with van der Waals surface area (Å²) in [5.41, 5.74) is 0.406. The number of rotatable bonds is 5. The smallest absolute Gasteiger partial charge is 0.267 e. The fraction of sp³-hybridized carbons (Fsp3) is 0.438. The molecule has 1 N–H and O–H groups in total. The van der Waals surface area contributed by atoms with Crippen molar-refractivity contribution in [3.8, 4) is 10.6 Å². The van der Waals surface area contributed by atoms with Crippen molar-refractivity contribution in [1.82, 2.24) is 15.1 Å². The van der Waals surface area contributed by atoms with Gasteiger partial charge in [-0.3, -0.25) is 9.59 Å². The third-order valence-electron chi connectivity index (χ3n) is 3.87. The Bertz CT molecular complexity index is 720. The quantitative estimate of drug-likeness (QED) is 0.906. The molecule has 1 amide bonds. The SMILES string of the molecule is CC(C(=O)NCC1CCCO1)n1nc(-c2cccs2)ccc1=O. The molecule has 2 aromatic heterocycles. The standard InChI is InChI=1S/C16H19N3O3S/c1-11(16(21)17-10-12-4-2-8-22-12)19-15(20)7-6-13(18-19)14-5-3-9-23-14/h3,5-7,9,11-12H,2,4,8,10H2,1H3,(H,17,21). The molecule has 0 bridgehead atoms. The maximum Gasteiger partial charge on any atom is 0.267 e. The number of hydrogen-bond donors (Lipinski definition) is 1. The molecule has 0 radical (unpaired) electrons. The minimum Gasteiger partial charge on any atom is -0.376 e. The van der Waals surface area contributed by atoms with Crippen LogP contribution in [-0.2, 0) is 9.53 Å². The molecule has 3 heterocycles. The number of aromatic nitrogens is 2. The normalized spacial score (nSPS) is 18.7. The van der Waals surface area contributed by atoms with E-state index >= 15 is 0 Å². The van der Waals surface area contributed by atoms with Crippen molar-refractivity contribution in [3.05, 3.63) is 40.0 Å². The molecule has 1 saturated heterocycles. The predicted molar refractivity (Wildman–Crippen MR) is 88.5 cm³/mol. The largest absolute Gasteiger partial charge is 0.376 e. The lowest BCUT2D eigenvalue weighted by Gasteiger charge is -2.16. The van der Waals surface area contributed by atoms with Gasteiger partial charge in [-0.2, -0.15) is 5.10 Å². The molecule has 7 heteroatoms. The van der Waals surface area contributed by atoms with Crippen molar-refractivity contribution in [2.45, 2.75) is 31.9 Å². The van der Waals surface area contributed by atoms with Crippen molar-refractivity contribution < 1.29 is 9.53 Å². The number of nitrogens with zero attached hydrogens (tertiary/aromatic N) is 2. The Labute approximate surface area is 138 Å². The van der Waals surface area contributed by atoms with Gasteiger partial charge in [-0.15, -0.1) is 11.3 Å². The summed E-state index contributed by atoms with van der Waals surface area (Å²) in [7, 11) is 0. The molecule has 1 aliphatic heterocycles. The average molecular weight is 333 g/mol. The number of amides is 1. The molecule has 2 aromatic rings. The molecule has 23 heavy (non-hydrogen) atoms. The average Bonchev–Trinajstić information content (AvgIpc) is 3.25. The minimum absolute atomic E-state index is 0.0771. The van der Waals surface area contributed by atoms with E-state index in [9.17, 15) is 9.59 Å². The first kappa shape index (κ1) is 15.9. The van der Waals surface area contributed by atoms with Crippen LogP contribution in [0.2, 0.25) is 0 Å². The van der Waals surface area contributed by atoms with Crippen LogP contribution < -0.4 is 10.9 Å². The predicted octanol–water partition coefficient (Wildman–Crippen LogP) is 1.83. The van der Waals surface area contributed by atoms with Gasteiger partial charge in [0.2, 0.25) is 5.91 Å². The number of thiophene rings is 1. The second-order valence-corrected chi connectivity index (χ2v) is 6.48. The summed E-state index contributed by atoms with van der Waals surface area (Å²) >= 11 is 1.54. The Morgan fingerprint density at radius 2 is 2.39 bits per heavy atom. The Balaban J connectivity index is 1.72. The van der Waals surface area contributed by atoms with Gasteiger partial charge in [-0.25, -0.2) is 4.68 Å². The molecule has 0 saturated carbocycles. The van der Waals surface area contributed by atoms with E-state index in [1.54, 1.807) is 24.3 Å². The van der Waals surface area contributed by atoms with E-state index < -0.39 is 6.04 Å². The molecule has 122 valence electrons. The van der Waals surface area contributed by atoms with E-state index in [1.807, 2.05) is 17.5 Å². The van der Waals surface area contributed by atoms with Gasteiger partial charge >= 0.3 is 0 Å². The minimum atomic E-state index is -0.663. The van der Waals surface area contributed by atoms with Gasteiger partial charge in [0.1, 0.15) is 11.7 Å². The lowest BCUT2D eigenvalue weighted by Crippen LogP contribution is -2.39. The first-order valence-electron chi connectivity index (χ1n) is 7.68. The van der Waals surface area contributed by atoms with E-state index in [1.165, 1.54) is 10.7 Å². The van der Waals surface area contributed by atoms with Gasteiger partial charge in [0.25, 0.3) is 5.56 Å². The molecule has 2 atom stereocenters. The van der Waals surface area contributed by atoms with Crippen LogP contribution in [0, 0.1) is 0 Å². The zero-order valence-electron chi connectivity index (χ0n) is 12.9. The molecular weight excluding hydrogens is 314 g/mol. The molecule has 0 spiro atoms. The van der Waals surface area contributed by atoms with Crippen LogP contribution in [0.3, 0.4) is 0 Å². The van der Waals surface area contributed by atoms with Crippen LogP contribution in [0.15, 0.2) is 34.4 Å². The summed E-state index contributed by atoms with van der Waals surface area (Å²) in [5.74, 6) is -0.224. The fourth-order valence-electron chi connectivity index (χ4n) is 2.54. The molecule has 0 aromatic carbocycles. The highest BCUT2D eigenvalue weighted by atomic mass is 32.1. The zero-order chi connectivity index (χ0) is 16.2. The van der Waals surface area contributed by atoms with E-state index in [0.717, 1.165) is 24.3 Å². The van der Waals surface area contributed by atoms with Crippen molar-refractivity contribution in [2.75, 3.05) is 13.2 Å². The summed E-state index contributed by atoms with van der Waals surface area (Å²) in [6, 6.07) is 6.33. The number of ether oxygens (including phenoxy) is 1. The fourth-order valence-corrected chi connectivity index (χ4v) is 3.23. The molecule has 0 aliphatic carbocycles. The van der Waals surface area contributed by atoms with Crippen LogP contribution in [0.4, 0.5) is 0 Å². The van der Waals surface area contributed by atoms with Crippen LogP contribution in [0.5, 0.6) is 0 Å². The van der Waals surface area contributed by atoms with Crippen molar-refractivity contribution in [3.63, 3.8) is 0 Å². The molecule has 6 nitrogen and oxygen atoms in total. The Morgan fingerprint density at radius 3 is 3.09 bits per heavy atom. The lowest BCUT2D eigenvalue weighted by molar-refractivity contribution is -0.124. The Morgan fingerprint density at radius 1 is 1.52 bits per heavy atom. The van der Waals surface area contributed by atoms with Gasteiger partial charge in [-0.05, 0) is 37.3 Å². The number of hydrogen-bond acceptors (Lipinski definition) is 5. The number of carbonyl (C=O) groups is 1. The maximum atomic E-state index is 12.3. The van der Waals surface area contributed by atoms with Crippen LogP contribution in [0.25, 0.3) is 10.6 Å². The monoisotopic (exact) mass is 333 g/mol. The summed E-state index contributed by atoms with van der Waals surface area (Å²) in [5, 5.41) is 9.13. The van der Waals surface area contributed by atoms with E-state index in [-0.39, 0.29) is 17.6 Å². The van der Waals surface area contributed by atoms with Gasteiger partial charge in [0.05, 0.1) is 11.0 Å². The van der Waals surface area contributed by atoms with Crippen LogP contribution in [0.1, 0.15) is 25.8 Å². The molecule has 1 aliphatic rings. The molecule has 3 rings (SSSR count). The van der Waals surface area contributed by atoms with E-state index in [0.29, 0.717) is 12.2 Å². The second kappa shape index (κ2) is 7.06.